The Hall–Kier alpha value is -1.09. The van der Waals surface area contributed by atoms with Gasteiger partial charge in [0, 0.05) is 26.0 Å². The number of amides is 1. The summed E-state index contributed by atoms with van der Waals surface area (Å²) in [5.41, 5.74) is 0.540. The molecule has 3 nitrogen and oxygen atoms in total. The summed E-state index contributed by atoms with van der Waals surface area (Å²) in [6.07, 6.45) is 6.87. The number of hydrogen-bond acceptors (Lipinski definition) is 2. The first-order valence-electron chi connectivity index (χ1n) is 5.53. The quantitative estimate of drug-likeness (QED) is 0.811. The molecule has 0 aliphatic heterocycles. The summed E-state index contributed by atoms with van der Waals surface area (Å²) in [7, 11) is 1.83. The van der Waals surface area contributed by atoms with Crippen LogP contribution in [0.5, 0.6) is 0 Å². The van der Waals surface area contributed by atoms with Crippen molar-refractivity contribution in [3.63, 3.8) is 0 Å². The SMILES string of the molecule is CN(CC1CCC1)C(=O)c1ccncc1Cl. The van der Waals surface area contributed by atoms with Gasteiger partial charge in [0.05, 0.1) is 10.6 Å². The number of halogens is 1. The monoisotopic (exact) mass is 238 g/mol. The molecule has 1 aliphatic carbocycles. The molecule has 0 spiro atoms. The van der Waals surface area contributed by atoms with Gasteiger partial charge in [0.25, 0.3) is 5.91 Å². The number of rotatable bonds is 3. The Labute approximate surface area is 100 Å². The average Bonchev–Trinajstić information content (AvgIpc) is 2.23. The Morgan fingerprint density at radius 3 is 2.94 bits per heavy atom. The highest BCUT2D eigenvalue weighted by Gasteiger charge is 2.22. The fourth-order valence-corrected chi connectivity index (χ4v) is 2.10. The molecule has 1 aliphatic rings. The standard InChI is InChI=1S/C12H15ClN2O/c1-15(8-9-3-2-4-9)12(16)10-5-6-14-7-11(10)13/h5-7,9H,2-4,8H2,1H3. The van der Waals surface area contributed by atoms with E-state index in [1.54, 1.807) is 17.2 Å². The van der Waals surface area contributed by atoms with Gasteiger partial charge in [0.15, 0.2) is 0 Å². The smallest absolute Gasteiger partial charge is 0.255 e. The Morgan fingerprint density at radius 2 is 2.38 bits per heavy atom. The van der Waals surface area contributed by atoms with Crippen molar-refractivity contribution in [1.82, 2.24) is 9.88 Å². The molecule has 2 rings (SSSR count). The second-order valence-corrected chi connectivity index (χ2v) is 4.75. The van der Waals surface area contributed by atoms with Gasteiger partial charge in [-0.3, -0.25) is 9.78 Å². The van der Waals surface area contributed by atoms with Gasteiger partial charge in [0.1, 0.15) is 0 Å². The summed E-state index contributed by atoms with van der Waals surface area (Å²) in [4.78, 5) is 17.7. The zero-order valence-corrected chi connectivity index (χ0v) is 10.1. The lowest BCUT2D eigenvalue weighted by molar-refractivity contribution is 0.0745. The highest BCUT2D eigenvalue weighted by Crippen LogP contribution is 2.27. The number of nitrogens with zero attached hydrogens (tertiary/aromatic N) is 2. The molecule has 0 unspecified atom stereocenters. The minimum Gasteiger partial charge on any atom is -0.341 e. The largest absolute Gasteiger partial charge is 0.341 e. The van der Waals surface area contributed by atoms with E-state index in [0.717, 1.165) is 6.54 Å². The van der Waals surface area contributed by atoms with E-state index in [2.05, 4.69) is 4.98 Å². The second kappa shape index (κ2) is 4.83. The van der Waals surface area contributed by atoms with Gasteiger partial charge in [-0.05, 0) is 24.8 Å². The van der Waals surface area contributed by atoms with Crippen LogP contribution in [-0.2, 0) is 0 Å². The summed E-state index contributed by atoms with van der Waals surface area (Å²) in [6, 6.07) is 1.67. The van der Waals surface area contributed by atoms with E-state index >= 15 is 0 Å². The van der Waals surface area contributed by atoms with E-state index in [1.807, 2.05) is 7.05 Å². The Balaban J connectivity index is 2.03. The zero-order chi connectivity index (χ0) is 11.5. The maximum atomic E-state index is 12.1. The number of aromatic nitrogens is 1. The van der Waals surface area contributed by atoms with Crippen LogP contribution >= 0.6 is 11.6 Å². The number of pyridine rings is 1. The molecule has 1 heterocycles. The van der Waals surface area contributed by atoms with Crippen molar-refractivity contribution in [2.75, 3.05) is 13.6 Å². The number of carbonyl (C=O) groups is 1. The van der Waals surface area contributed by atoms with E-state index in [9.17, 15) is 4.79 Å². The predicted molar refractivity (Wildman–Crippen MR) is 63.5 cm³/mol. The predicted octanol–water partition coefficient (Wildman–Crippen LogP) is 2.61. The molecule has 0 atom stereocenters. The third-order valence-electron chi connectivity index (χ3n) is 3.11. The summed E-state index contributed by atoms with van der Waals surface area (Å²) in [6.45, 7) is 0.831. The van der Waals surface area contributed by atoms with E-state index in [4.69, 9.17) is 11.6 Å². The highest BCUT2D eigenvalue weighted by atomic mass is 35.5. The first-order valence-corrected chi connectivity index (χ1v) is 5.91. The third kappa shape index (κ3) is 2.35. The van der Waals surface area contributed by atoms with E-state index in [0.29, 0.717) is 16.5 Å². The van der Waals surface area contributed by atoms with Gasteiger partial charge in [-0.2, -0.15) is 0 Å². The Morgan fingerprint density at radius 1 is 1.62 bits per heavy atom. The summed E-state index contributed by atoms with van der Waals surface area (Å²) >= 11 is 5.94. The lowest BCUT2D eigenvalue weighted by atomic mass is 9.85. The maximum Gasteiger partial charge on any atom is 0.255 e. The average molecular weight is 239 g/mol. The van der Waals surface area contributed by atoms with Crippen molar-refractivity contribution in [3.8, 4) is 0 Å². The molecule has 1 aromatic heterocycles. The van der Waals surface area contributed by atoms with Gasteiger partial charge in [-0.15, -0.1) is 0 Å². The lowest BCUT2D eigenvalue weighted by Gasteiger charge is -2.30. The number of carbonyl (C=O) groups excluding carboxylic acids is 1. The minimum absolute atomic E-state index is 0.0145. The fourth-order valence-electron chi connectivity index (χ4n) is 1.90. The van der Waals surface area contributed by atoms with Crippen LogP contribution in [0.2, 0.25) is 5.02 Å². The zero-order valence-electron chi connectivity index (χ0n) is 9.32. The van der Waals surface area contributed by atoms with Crippen molar-refractivity contribution < 1.29 is 4.79 Å². The van der Waals surface area contributed by atoms with Crippen LogP contribution in [0.1, 0.15) is 29.6 Å². The first-order chi connectivity index (χ1) is 7.68. The van der Waals surface area contributed by atoms with Crippen LogP contribution in [-0.4, -0.2) is 29.4 Å². The van der Waals surface area contributed by atoms with Crippen LogP contribution in [0.15, 0.2) is 18.5 Å². The molecule has 4 heteroatoms. The maximum absolute atomic E-state index is 12.1. The van der Waals surface area contributed by atoms with E-state index in [-0.39, 0.29) is 5.91 Å². The molecule has 1 amide bonds. The molecule has 86 valence electrons. The molecular formula is C12H15ClN2O. The van der Waals surface area contributed by atoms with Crippen LogP contribution in [0.3, 0.4) is 0 Å². The lowest BCUT2D eigenvalue weighted by Crippen LogP contribution is -2.34. The molecule has 1 fully saturated rings. The molecule has 1 saturated carbocycles. The molecule has 16 heavy (non-hydrogen) atoms. The topological polar surface area (TPSA) is 33.2 Å². The molecule has 0 saturated heterocycles. The van der Waals surface area contributed by atoms with Crippen LogP contribution in [0.25, 0.3) is 0 Å². The summed E-state index contributed by atoms with van der Waals surface area (Å²) in [5, 5.41) is 0.424. The van der Waals surface area contributed by atoms with E-state index < -0.39 is 0 Å². The van der Waals surface area contributed by atoms with Gasteiger partial charge in [-0.1, -0.05) is 18.0 Å². The molecule has 0 aromatic carbocycles. The van der Waals surface area contributed by atoms with Crippen molar-refractivity contribution in [2.45, 2.75) is 19.3 Å². The fraction of sp³-hybridized carbons (Fsp3) is 0.500. The van der Waals surface area contributed by atoms with Crippen LogP contribution < -0.4 is 0 Å². The van der Waals surface area contributed by atoms with Gasteiger partial charge in [0.2, 0.25) is 0 Å². The Kier molecular flexibility index (Phi) is 3.44. The van der Waals surface area contributed by atoms with Crippen molar-refractivity contribution in [3.05, 3.63) is 29.0 Å². The van der Waals surface area contributed by atoms with Crippen molar-refractivity contribution in [1.29, 1.82) is 0 Å². The van der Waals surface area contributed by atoms with Gasteiger partial charge >= 0.3 is 0 Å². The van der Waals surface area contributed by atoms with Gasteiger partial charge in [-0.25, -0.2) is 0 Å². The van der Waals surface area contributed by atoms with Crippen molar-refractivity contribution in [2.24, 2.45) is 5.92 Å². The minimum atomic E-state index is -0.0145. The van der Waals surface area contributed by atoms with Crippen LogP contribution in [0.4, 0.5) is 0 Å². The molecular weight excluding hydrogens is 224 g/mol. The third-order valence-corrected chi connectivity index (χ3v) is 3.41. The summed E-state index contributed by atoms with van der Waals surface area (Å²) in [5.74, 6) is 0.661. The Bertz CT molecular complexity index is 390. The normalized spacial score (nSPS) is 15.6. The first kappa shape index (κ1) is 11.4. The van der Waals surface area contributed by atoms with Crippen LogP contribution in [0, 0.1) is 5.92 Å². The molecule has 0 bridgehead atoms. The van der Waals surface area contributed by atoms with Crippen molar-refractivity contribution >= 4 is 17.5 Å². The van der Waals surface area contributed by atoms with Gasteiger partial charge < -0.3 is 4.90 Å². The molecule has 1 aromatic rings. The second-order valence-electron chi connectivity index (χ2n) is 4.34. The highest BCUT2D eigenvalue weighted by molar-refractivity contribution is 6.33. The number of hydrogen-bond donors (Lipinski definition) is 0. The molecule has 0 radical (unpaired) electrons. The van der Waals surface area contributed by atoms with E-state index in [1.165, 1.54) is 25.5 Å². The molecule has 0 N–H and O–H groups in total. The summed E-state index contributed by atoms with van der Waals surface area (Å²) < 4.78 is 0.